The highest BCUT2D eigenvalue weighted by Crippen LogP contribution is 2.12. The fourth-order valence-corrected chi connectivity index (χ4v) is 2.14. The molecule has 6 nitrogen and oxygen atoms in total. The Kier molecular flexibility index (Phi) is 5.76. The molecule has 0 radical (unpaired) electrons. The molecule has 7 heteroatoms. The summed E-state index contributed by atoms with van der Waals surface area (Å²) in [6.07, 6.45) is 0.771. The summed E-state index contributed by atoms with van der Waals surface area (Å²) < 4.78 is 0. The van der Waals surface area contributed by atoms with Gasteiger partial charge >= 0.3 is 0 Å². The van der Waals surface area contributed by atoms with Crippen molar-refractivity contribution >= 4 is 28.9 Å². The van der Waals surface area contributed by atoms with Gasteiger partial charge in [0.1, 0.15) is 0 Å². The first kappa shape index (κ1) is 16.6. The van der Waals surface area contributed by atoms with Gasteiger partial charge in [-0.3, -0.25) is 20.2 Å². The first-order valence-corrected chi connectivity index (χ1v) is 7.34. The third kappa shape index (κ3) is 5.15. The zero-order chi connectivity index (χ0) is 16.7. The topological polar surface area (TPSA) is 84.3 Å². The number of carbonyl (C=O) groups is 1. The predicted octanol–water partition coefficient (Wildman–Crippen LogP) is 2.44. The van der Waals surface area contributed by atoms with Crippen LogP contribution in [-0.2, 0) is 6.42 Å². The second kappa shape index (κ2) is 8.00. The molecule has 0 spiro atoms. The Balaban J connectivity index is 1.84. The van der Waals surface area contributed by atoms with E-state index in [1.165, 1.54) is 24.3 Å². The number of thiocarbonyl (C=S) groups is 1. The summed E-state index contributed by atoms with van der Waals surface area (Å²) in [6, 6.07) is 15.4. The van der Waals surface area contributed by atoms with E-state index in [2.05, 4.69) is 10.6 Å². The average Bonchev–Trinajstić information content (AvgIpc) is 2.56. The Morgan fingerprint density at radius 3 is 2.57 bits per heavy atom. The zero-order valence-electron chi connectivity index (χ0n) is 12.2. The van der Waals surface area contributed by atoms with Gasteiger partial charge in [-0.15, -0.1) is 0 Å². The van der Waals surface area contributed by atoms with Crippen LogP contribution in [0.2, 0.25) is 0 Å². The second-order valence-corrected chi connectivity index (χ2v) is 5.16. The van der Waals surface area contributed by atoms with Gasteiger partial charge < -0.3 is 5.32 Å². The maximum Gasteiger partial charge on any atom is 0.270 e. The first-order chi connectivity index (χ1) is 11.1. The molecule has 118 valence electrons. The number of nitrogens with one attached hydrogen (secondary N) is 2. The third-order valence-electron chi connectivity index (χ3n) is 3.09. The van der Waals surface area contributed by atoms with Crippen molar-refractivity contribution in [3.8, 4) is 0 Å². The molecule has 23 heavy (non-hydrogen) atoms. The molecule has 0 fully saturated rings. The van der Waals surface area contributed by atoms with Crippen molar-refractivity contribution in [2.24, 2.45) is 0 Å². The van der Waals surface area contributed by atoms with Crippen LogP contribution in [0.4, 0.5) is 5.69 Å². The number of nitro benzene ring substituents is 1. The molecule has 0 unspecified atom stereocenters. The van der Waals surface area contributed by atoms with Crippen LogP contribution < -0.4 is 10.6 Å². The second-order valence-electron chi connectivity index (χ2n) is 4.75. The fourth-order valence-electron chi connectivity index (χ4n) is 1.95. The number of non-ortho nitro benzene ring substituents is 1. The molecule has 0 saturated heterocycles. The number of carbonyl (C=O) groups excluding carboxylic acids is 1. The summed E-state index contributed by atoms with van der Waals surface area (Å²) in [5.41, 5.74) is 1.21. The number of nitrogens with zero attached hydrogens (tertiary/aromatic N) is 1. The molecule has 0 saturated carbocycles. The van der Waals surface area contributed by atoms with E-state index in [0.29, 0.717) is 6.54 Å². The number of nitro groups is 1. The van der Waals surface area contributed by atoms with Crippen molar-refractivity contribution in [1.29, 1.82) is 0 Å². The van der Waals surface area contributed by atoms with E-state index in [1.807, 2.05) is 30.3 Å². The van der Waals surface area contributed by atoms with E-state index in [9.17, 15) is 14.9 Å². The standard InChI is InChI=1S/C16H15N3O3S/c20-15(13-7-4-8-14(11-13)19(21)22)18-16(23)17-10-9-12-5-2-1-3-6-12/h1-8,11H,9-10H2,(H2,17,18,20,23). The number of amides is 1. The lowest BCUT2D eigenvalue weighted by Gasteiger charge is -2.09. The molecule has 0 aliphatic heterocycles. The van der Waals surface area contributed by atoms with Crippen LogP contribution in [0.5, 0.6) is 0 Å². The van der Waals surface area contributed by atoms with Crippen molar-refractivity contribution in [3.05, 3.63) is 75.8 Å². The van der Waals surface area contributed by atoms with Crippen LogP contribution in [0.3, 0.4) is 0 Å². The summed E-state index contributed by atoms with van der Waals surface area (Å²) in [6.45, 7) is 0.581. The summed E-state index contributed by atoms with van der Waals surface area (Å²) in [4.78, 5) is 22.2. The van der Waals surface area contributed by atoms with Gasteiger partial charge in [-0.05, 0) is 30.3 Å². The minimum absolute atomic E-state index is 0.138. The normalized spacial score (nSPS) is 9.91. The lowest BCUT2D eigenvalue weighted by molar-refractivity contribution is -0.384. The summed E-state index contributed by atoms with van der Waals surface area (Å²) in [5, 5.41) is 16.3. The van der Waals surface area contributed by atoms with Gasteiger partial charge in [0, 0.05) is 24.2 Å². The van der Waals surface area contributed by atoms with Crippen molar-refractivity contribution in [1.82, 2.24) is 10.6 Å². The van der Waals surface area contributed by atoms with Gasteiger partial charge in [-0.1, -0.05) is 36.4 Å². The lowest BCUT2D eigenvalue weighted by atomic mass is 10.1. The van der Waals surface area contributed by atoms with Gasteiger partial charge in [-0.2, -0.15) is 0 Å². The van der Waals surface area contributed by atoms with Crippen LogP contribution in [0.1, 0.15) is 15.9 Å². The third-order valence-corrected chi connectivity index (χ3v) is 3.33. The molecule has 0 bridgehead atoms. The molecule has 2 aromatic carbocycles. The molecular formula is C16H15N3O3S. The minimum atomic E-state index is -0.548. The van der Waals surface area contributed by atoms with Crippen LogP contribution >= 0.6 is 12.2 Å². The number of hydrogen-bond acceptors (Lipinski definition) is 4. The quantitative estimate of drug-likeness (QED) is 0.500. The fraction of sp³-hybridized carbons (Fsp3) is 0.125. The van der Waals surface area contributed by atoms with Crippen LogP contribution in [0, 0.1) is 10.1 Å². The molecule has 2 N–H and O–H groups in total. The molecule has 0 aliphatic carbocycles. The van der Waals surface area contributed by atoms with E-state index in [-0.39, 0.29) is 16.4 Å². The van der Waals surface area contributed by atoms with Gasteiger partial charge in [0.15, 0.2) is 5.11 Å². The first-order valence-electron chi connectivity index (χ1n) is 6.94. The molecule has 2 aromatic rings. The summed E-state index contributed by atoms with van der Waals surface area (Å²) >= 11 is 5.05. The van der Waals surface area contributed by atoms with Crippen LogP contribution in [0.15, 0.2) is 54.6 Å². The summed E-state index contributed by atoms with van der Waals surface area (Å²) in [5.74, 6) is -0.481. The Morgan fingerprint density at radius 2 is 1.87 bits per heavy atom. The largest absolute Gasteiger partial charge is 0.362 e. The maximum absolute atomic E-state index is 12.0. The minimum Gasteiger partial charge on any atom is -0.362 e. The highest BCUT2D eigenvalue weighted by Gasteiger charge is 2.12. The van der Waals surface area contributed by atoms with Gasteiger partial charge in [0.2, 0.25) is 0 Å². The van der Waals surface area contributed by atoms with Crippen LogP contribution in [-0.4, -0.2) is 22.5 Å². The number of hydrogen-bond donors (Lipinski definition) is 2. The summed E-state index contributed by atoms with van der Waals surface area (Å²) in [7, 11) is 0. The van der Waals surface area contributed by atoms with E-state index in [4.69, 9.17) is 12.2 Å². The molecule has 0 heterocycles. The lowest BCUT2D eigenvalue weighted by Crippen LogP contribution is -2.40. The molecule has 2 rings (SSSR count). The molecule has 1 amide bonds. The Labute approximate surface area is 138 Å². The molecule has 0 aromatic heterocycles. The van der Waals surface area contributed by atoms with Crippen LogP contribution in [0.25, 0.3) is 0 Å². The van der Waals surface area contributed by atoms with Crippen molar-refractivity contribution in [3.63, 3.8) is 0 Å². The molecule has 0 atom stereocenters. The number of rotatable bonds is 5. The van der Waals surface area contributed by atoms with Crippen molar-refractivity contribution < 1.29 is 9.72 Å². The Bertz CT molecular complexity index is 720. The van der Waals surface area contributed by atoms with Gasteiger partial charge in [-0.25, -0.2) is 0 Å². The van der Waals surface area contributed by atoms with E-state index in [0.717, 1.165) is 12.0 Å². The van der Waals surface area contributed by atoms with Crippen molar-refractivity contribution in [2.45, 2.75) is 6.42 Å². The van der Waals surface area contributed by atoms with Crippen molar-refractivity contribution in [2.75, 3.05) is 6.54 Å². The van der Waals surface area contributed by atoms with E-state index >= 15 is 0 Å². The SMILES string of the molecule is O=C(NC(=S)NCCc1ccccc1)c1cccc([N+](=O)[O-])c1. The maximum atomic E-state index is 12.0. The average molecular weight is 329 g/mol. The van der Waals surface area contributed by atoms with E-state index < -0.39 is 10.8 Å². The molecular weight excluding hydrogens is 314 g/mol. The highest BCUT2D eigenvalue weighted by atomic mass is 32.1. The Morgan fingerprint density at radius 1 is 1.13 bits per heavy atom. The number of benzene rings is 2. The smallest absolute Gasteiger partial charge is 0.270 e. The van der Waals surface area contributed by atoms with Gasteiger partial charge in [0.05, 0.1) is 4.92 Å². The molecule has 0 aliphatic rings. The van der Waals surface area contributed by atoms with E-state index in [1.54, 1.807) is 0 Å². The predicted molar refractivity (Wildman–Crippen MR) is 91.3 cm³/mol. The highest BCUT2D eigenvalue weighted by molar-refractivity contribution is 7.80. The Hall–Kier alpha value is -2.80. The monoisotopic (exact) mass is 329 g/mol. The zero-order valence-corrected chi connectivity index (χ0v) is 13.0. The van der Waals surface area contributed by atoms with Gasteiger partial charge in [0.25, 0.3) is 11.6 Å².